The Morgan fingerprint density at radius 2 is 1.38 bits per heavy atom. The third kappa shape index (κ3) is 4.43. The molecule has 2 heterocycles. The smallest absolute Gasteiger partial charge is 0.0168 e. The van der Waals surface area contributed by atoms with Crippen molar-refractivity contribution in [1.82, 2.24) is 15.1 Å². The zero-order valence-corrected chi connectivity index (χ0v) is 15.2. The molecule has 2 aliphatic heterocycles. The Morgan fingerprint density at radius 3 is 1.86 bits per heavy atom. The first-order valence-corrected chi connectivity index (χ1v) is 9.05. The van der Waals surface area contributed by atoms with Crippen molar-refractivity contribution in [1.29, 1.82) is 0 Å². The second-order valence-electron chi connectivity index (χ2n) is 8.34. The molecule has 124 valence electrons. The Kier molecular flexibility index (Phi) is 5.72. The molecule has 0 aromatic heterocycles. The molecule has 1 N–H and O–H groups in total. The lowest BCUT2D eigenvalue weighted by Crippen LogP contribution is -2.55. The van der Waals surface area contributed by atoms with Crippen LogP contribution in [-0.2, 0) is 0 Å². The zero-order valence-electron chi connectivity index (χ0n) is 15.2. The molecule has 0 spiro atoms. The van der Waals surface area contributed by atoms with Crippen molar-refractivity contribution in [3.63, 3.8) is 0 Å². The summed E-state index contributed by atoms with van der Waals surface area (Å²) in [5.74, 6) is 0.794. The van der Waals surface area contributed by atoms with Crippen LogP contribution in [0.2, 0.25) is 0 Å². The first-order valence-electron chi connectivity index (χ1n) is 9.05. The van der Waals surface area contributed by atoms with Crippen LogP contribution in [0.25, 0.3) is 0 Å². The van der Waals surface area contributed by atoms with Crippen LogP contribution in [0.4, 0.5) is 0 Å². The third-order valence-corrected chi connectivity index (χ3v) is 5.81. The molecule has 0 aromatic carbocycles. The van der Waals surface area contributed by atoms with Gasteiger partial charge in [0.15, 0.2) is 0 Å². The van der Waals surface area contributed by atoms with Gasteiger partial charge in [-0.25, -0.2) is 0 Å². The maximum atomic E-state index is 4.00. The van der Waals surface area contributed by atoms with Crippen molar-refractivity contribution in [2.45, 2.75) is 84.5 Å². The Hall–Kier alpha value is -0.120. The molecule has 0 aliphatic carbocycles. The molecular formula is C18H37N3. The van der Waals surface area contributed by atoms with Crippen molar-refractivity contribution >= 4 is 0 Å². The fraction of sp³-hybridized carbons (Fsp3) is 1.00. The average Bonchev–Trinajstić information content (AvgIpc) is 2.89. The standard InChI is InChI=1S/C18H37N3/c1-14(2)20-11-8-17(9-12-20)19-18(5,6)16-7-10-21(13-16)15(3)4/h14-17,19H,7-13H2,1-6H3. The quantitative estimate of drug-likeness (QED) is 0.841. The SMILES string of the molecule is CC(C)N1CCC(NC(C)(C)C2CCN(C(C)C)C2)CC1. The van der Waals surface area contributed by atoms with Gasteiger partial charge in [-0.15, -0.1) is 0 Å². The van der Waals surface area contributed by atoms with E-state index in [1.807, 2.05) is 0 Å². The highest BCUT2D eigenvalue weighted by Gasteiger charge is 2.37. The van der Waals surface area contributed by atoms with Gasteiger partial charge in [0.05, 0.1) is 0 Å². The molecule has 0 saturated carbocycles. The minimum absolute atomic E-state index is 0.272. The first kappa shape index (κ1) is 17.2. The minimum Gasteiger partial charge on any atom is -0.309 e. The second-order valence-corrected chi connectivity index (χ2v) is 8.34. The number of nitrogens with zero attached hydrogens (tertiary/aromatic N) is 2. The molecule has 3 heteroatoms. The zero-order chi connectivity index (χ0) is 15.6. The highest BCUT2D eigenvalue weighted by molar-refractivity contribution is 4.95. The van der Waals surface area contributed by atoms with Crippen LogP contribution in [0.1, 0.15) is 60.8 Å². The molecule has 2 saturated heterocycles. The van der Waals surface area contributed by atoms with E-state index in [1.165, 1.54) is 45.4 Å². The third-order valence-electron chi connectivity index (χ3n) is 5.81. The largest absolute Gasteiger partial charge is 0.309 e. The Morgan fingerprint density at radius 1 is 0.857 bits per heavy atom. The number of rotatable bonds is 5. The predicted molar refractivity (Wildman–Crippen MR) is 91.8 cm³/mol. The van der Waals surface area contributed by atoms with Crippen molar-refractivity contribution in [2.75, 3.05) is 26.2 Å². The molecule has 0 aromatic rings. The van der Waals surface area contributed by atoms with E-state index < -0.39 is 0 Å². The molecule has 3 nitrogen and oxygen atoms in total. The minimum atomic E-state index is 0.272. The van der Waals surface area contributed by atoms with Crippen molar-refractivity contribution < 1.29 is 0 Å². The predicted octanol–water partition coefficient (Wildman–Crippen LogP) is 2.96. The van der Waals surface area contributed by atoms with Crippen LogP contribution in [-0.4, -0.2) is 59.6 Å². The van der Waals surface area contributed by atoms with E-state index in [-0.39, 0.29) is 5.54 Å². The van der Waals surface area contributed by atoms with E-state index >= 15 is 0 Å². The summed E-state index contributed by atoms with van der Waals surface area (Å²) in [6.45, 7) is 19.2. The van der Waals surface area contributed by atoms with Gasteiger partial charge in [-0.1, -0.05) is 0 Å². The van der Waals surface area contributed by atoms with Crippen LogP contribution in [0.5, 0.6) is 0 Å². The van der Waals surface area contributed by atoms with Crippen LogP contribution in [0, 0.1) is 5.92 Å². The van der Waals surface area contributed by atoms with Gasteiger partial charge in [-0.05, 0) is 86.4 Å². The molecule has 2 rings (SSSR count). The molecule has 2 aliphatic rings. The summed E-state index contributed by atoms with van der Waals surface area (Å²) in [7, 11) is 0. The Bertz CT molecular complexity index is 316. The van der Waals surface area contributed by atoms with Gasteiger partial charge in [0, 0.05) is 30.2 Å². The highest BCUT2D eigenvalue weighted by atomic mass is 15.2. The van der Waals surface area contributed by atoms with Gasteiger partial charge in [-0.3, -0.25) is 0 Å². The van der Waals surface area contributed by atoms with E-state index in [9.17, 15) is 0 Å². The first-order chi connectivity index (χ1) is 9.79. The summed E-state index contributed by atoms with van der Waals surface area (Å²) in [5, 5.41) is 4.00. The Balaban J connectivity index is 1.82. The number of piperidine rings is 1. The average molecular weight is 296 g/mol. The van der Waals surface area contributed by atoms with E-state index in [0.29, 0.717) is 18.1 Å². The lowest BCUT2D eigenvalue weighted by Gasteiger charge is -2.41. The van der Waals surface area contributed by atoms with Crippen LogP contribution in [0.15, 0.2) is 0 Å². The monoisotopic (exact) mass is 295 g/mol. The van der Waals surface area contributed by atoms with Crippen LogP contribution >= 0.6 is 0 Å². The normalized spacial score (nSPS) is 27.1. The van der Waals surface area contributed by atoms with Crippen molar-refractivity contribution in [2.24, 2.45) is 5.92 Å². The van der Waals surface area contributed by atoms with Gasteiger partial charge >= 0.3 is 0 Å². The van der Waals surface area contributed by atoms with Gasteiger partial charge in [0.25, 0.3) is 0 Å². The van der Waals surface area contributed by atoms with Crippen molar-refractivity contribution in [3.8, 4) is 0 Å². The van der Waals surface area contributed by atoms with Gasteiger partial charge < -0.3 is 15.1 Å². The fourth-order valence-electron chi connectivity index (χ4n) is 4.05. The fourth-order valence-corrected chi connectivity index (χ4v) is 4.05. The lowest BCUT2D eigenvalue weighted by molar-refractivity contribution is 0.131. The van der Waals surface area contributed by atoms with Crippen LogP contribution < -0.4 is 5.32 Å². The summed E-state index contributed by atoms with van der Waals surface area (Å²) >= 11 is 0. The highest BCUT2D eigenvalue weighted by Crippen LogP contribution is 2.30. The molecule has 0 radical (unpaired) electrons. The second kappa shape index (κ2) is 6.97. The van der Waals surface area contributed by atoms with Gasteiger partial charge in [0.2, 0.25) is 0 Å². The molecule has 0 amide bonds. The number of likely N-dealkylation sites (tertiary alicyclic amines) is 2. The number of nitrogens with one attached hydrogen (secondary N) is 1. The molecular weight excluding hydrogens is 258 g/mol. The van der Waals surface area contributed by atoms with E-state index in [4.69, 9.17) is 0 Å². The summed E-state index contributed by atoms with van der Waals surface area (Å²) in [4.78, 5) is 5.25. The number of hydrogen-bond acceptors (Lipinski definition) is 3. The lowest BCUT2D eigenvalue weighted by atomic mass is 9.85. The molecule has 21 heavy (non-hydrogen) atoms. The van der Waals surface area contributed by atoms with E-state index in [1.54, 1.807) is 0 Å². The van der Waals surface area contributed by atoms with Gasteiger partial charge in [-0.2, -0.15) is 0 Å². The Labute approximate surface area is 132 Å². The van der Waals surface area contributed by atoms with E-state index in [2.05, 4.69) is 56.7 Å². The molecule has 1 atom stereocenters. The summed E-state index contributed by atoms with van der Waals surface area (Å²) in [5.41, 5.74) is 0.272. The molecule has 0 bridgehead atoms. The molecule has 1 unspecified atom stereocenters. The van der Waals surface area contributed by atoms with Crippen LogP contribution in [0.3, 0.4) is 0 Å². The maximum Gasteiger partial charge on any atom is 0.0168 e. The maximum absolute atomic E-state index is 4.00. The summed E-state index contributed by atoms with van der Waals surface area (Å²) < 4.78 is 0. The topological polar surface area (TPSA) is 18.5 Å². The van der Waals surface area contributed by atoms with Crippen molar-refractivity contribution in [3.05, 3.63) is 0 Å². The van der Waals surface area contributed by atoms with E-state index in [0.717, 1.165) is 5.92 Å². The van der Waals surface area contributed by atoms with Gasteiger partial charge in [0.1, 0.15) is 0 Å². The number of hydrogen-bond donors (Lipinski definition) is 1. The summed E-state index contributed by atoms with van der Waals surface area (Å²) in [6, 6.07) is 2.11. The molecule has 2 fully saturated rings. The summed E-state index contributed by atoms with van der Waals surface area (Å²) in [6.07, 6.45) is 3.97.